The van der Waals surface area contributed by atoms with Gasteiger partial charge < -0.3 is 9.30 Å². The zero-order chi connectivity index (χ0) is 24.3. The van der Waals surface area contributed by atoms with Crippen LogP contribution in [0.2, 0.25) is 0 Å². The second-order valence-electron chi connectivity index (χ2n) is 9.69. The number of cyclic esters (lactones) is 1. The summed E-state index contributed by atoms with van der Waals surface area (Å²) >= 11 is 0. The summed E-state index contributed by atoms with van der Waals surface area (Å²) in [6, 6.07) is 9.94. The van der Waals surface area contributed by atoms with Crippen molar-refractivity contribution >= 4 is 34.1 Å². The third-order valence-corrected chi connectivity index (χ3v) is 6.80. The van der Waals surface area contributed by atoms with Crippen LogP contribution in [0.1, 0.15) is 45.0 Å². The summed E-state index contributed by atoms with van der Waals surface area (Å²) in [5.74, 6) is 0.410. The van der Waals surface area contributed by atoms with Gasteiger partial charge in [0.25, 0.3) is 5.91 Å². The second-order valence-corrected chi connectivity index (χ2v) is 9.69. The number of hydrogen-bond donors (Lipinski definition) is 0. The summed E-state index contributed by atoms with van der Waals surface area (Å²) in [6.07, 6.45) is 5.39. The van der Waals surface area contributed by atoms with Crippen LogP contribution in [0.5, 0.6) is 0 Å². The lowest BCUT2D eigenvalue weighted by molar-refractivity contribution is -0.134. The van der Waals surface area contributed by atoms with Gasteiger partial charge >= 0.3 is 11.8 Å². The van der Waals surface area contributed by atoms with Crippen LogP contribution in [0.25, 0.3) is 22.1 Å². The normalized spacial score (nSPS) is 17.6. The van der Waals surface area contributed by atoms with Crippen LogP contribution in [-0.2, 0) is 22.6 Å². The number of benzene rings is 1. The molecule has 4 aromatic rings. The SMILES string of the molecule is CC1(C)OC(=O)N(CCCn2c(Cn3c(=O)n(C4CC4)c4ccncc43)nc3ccccc32)C1=O. The number of pyridine rings is 1. The maximum atomic E-state index is 13.4. The number of fused-ring (bicyclic) bond motifs is 2. The topological polar surface area (TPSA) is 104 Å². The first kappa shape index (κ1) is 21.6. The standard InChI is InChI=1S/C25H26N6O4/c1-25(2)22(32)29(24(34)35-25)13-5-12-28-18-7-4-3-6-17(18)27-21(28)15-30-20-14-26-11-10-19(20)31(23(30)33)16-8-9-16/h3-4,6-7,10-11,14,16H,5,8-9,12-13,15H2,1-2H3. The predicted molar refractivity (Wildman–Crippen MR) is 128 cm³/mol. The molecule has 0 bridgehead atoms. The van der Waals surface area contributed by atoms with Crippen LogP contribution in [0, 0.1) is 0 Å². The third-order valence-electron chi connectivity index (χ3n) is 6.80. The number of rotatable bonds is 7. The molecule has 0 atom stereocenters. The highest BCUT2D eigenvalue weighted by molar-refractivity contribution is 6.02. The van der Waals surface area contributed by atoms with Crippen LogP contribution < -0.4 is 5.69 Å². The van der Waals surface area contributed by atoms with Gasteiger partial charge in [-0.15, -0.1) is 0 Å². The molecule has 2 amide bonds. The zero-order valence-corrected chi connectivity index (χ0v) is 19.7. The highest BCUT2D eigenvalue weighted by atomic mass is 16.6. The Morgan fingerprint density at radius 3 is 2.54 bits per heavy atom. The number of para-hydroxylation sites is 2. The molecule has 6 rings (SSSR count). The van der Waals surface area contributed by atoms with E-state index >= 15 is 0 Å². The summed E-state index contributed by atoms with van der Waals surface area (Å²) in [7, 11) is 0. The van der Waals surface area contributed by atoms with Crippen molar-refractivity contribution in [3.63, 3.8) is 0 Å². The van der Waals surface area contributed by atoms with E-state index in [9.17, 15) is 14.4 Å². The third kappa shape index (κ3) is 3.51. The van der Waals surface area contributed by atoms with Crippen LogP contribution in [-0.4, -0.2) is 52.7 Å². The van der Waals surface area contributed by atoms with E-state index in [2.05, 4.69) is 9.55 Å². The monoisotopic (exact) mass is 474 g/mol. The molecule has 10 heteroatoms. The van der Waals surface area contributed by atoms with E-state index < -0.39 is 11.7 Å². The molecule has 0 radical (unpaired) electrons. The number of nitrogens with zero attached hydrogens (tertiary/aromatic N) is 6. The van der Waals surface area contributed by atoms with Crippen LogP contribution in [0.3, 0.4) is 0 Å². The molecule has 4 heterocycles. The minimum Gasteiger partial charge on any atom is -0.433 e. The number of carbonyl (C=O) groups is 2. The van der Waals surface area contributed by atoms with Crippen molar-refractivity contribution in [3.05, 3.63) is 59.0 Å². The minimum atomic E-state index is -1.13. The number of aromatic nitrogens is 5. The average molecular weight is 475 g/mol. The molecular formula is C25H26N6O4. The number of carbonyl (C=O) groups excluding carboxylic acids is 2. The van der Waals surface area contributed by atoms with Gasteiger partial charge in [0.2, 0.25) is 0 Å². The zero-order valence-electron chi connectivity index (χ0n) is 19.7. The average Bonchev–Trinajstić information content (AvgIpc) is 3.51. The van der Waals surface area contributed by atoms with Crippen molar-refractivity contribution in [1.82, 2.24) is 28.6 Å². The van der Waals surface area contributed by atoms with Gasteiger partial charge in [-0.25, -0.2) is 19.5 Å². The summed E-state index contributed by atoms with van der Waals surface area (Å²) in [5.41, 5.74) is 2.27. The maximum Gasteiger partial charge on any atom is 0.417 e. The molecule has 1 aliphatic heterocycles. The molecular weight excluding hydrogens is 448 g/mol. The Balaban J connectivity index is 1.33. The molecule has 2 fully saturated rings. The molecule has 35 heavy (non-hydrogen) atoms. The van der Waals surface area contributed by atoms with E-state index in [0.717, 1.165) is 45.6 Å². The van der Waals surface area contributed by atoms with Gasteiger partial charge in [0.05, 0.1) is 34.8 Å². The molecule has 1 saturated carbocycles. The fourth-order valence-corrected chi connectivity index (χ4v) is 4.91. The van der Waals surface area contributed by atoms with Gasteiger partial charge in [-0.3, -0.25) is 18.9 Å². The van der Waals surface area contributed by atoms with E-state index in [4.69, 9.17) is 9.72 Å². The Bertz CT molecular complexity index is 1540. The smallest absolute Gasteiger partial charge is 0.417 e. The summed E-state index contributed by atoms with van der Waals surface area (Å²) < 4.78 is 10.9. The van der Waals surface area contributed by atoms with Crippen LogP contribution in [0.15, 0.2) is 47.5 Å². The minimum absolute atomic E-state index is 0.0539. The van der Waals surface area contributed by atoms with Crippen molar-refractivity contribution in [2.45, 2.75) is 57.8 Å². The van der Waals surface area contributed by atoms with Crippen molar-refractivity contribution in [1.29, 1.82) is 0 Å². The van der Waals surface area contributed by atoms with Crippen LogP contribution >= 0.6 is 0 Å². The van der Waals surface area contributed by atoms with Crippen molar-refractivity contribution in [3.8, 4) is 0 Å². The second kappa shape index (κ2) is 7.79. The molecule has 10 nitrogen and oxygen atoms in total. The number of imidazole rings is 2. The summed E-state index contributed by atoms with van der Waals surface area (Å²) in [6.45, 7) is 4.27. The number of hydrogen-bond acceptors (Lipinski definition) is 6. The van der Waals surface area contributed by atoms with E-state index in [1.807, 2.05) is 34.9 Å². The summed E-state index contributed by atoms with van der Waals surface area (Å²) in [4.78, 5) is 48.3. The Labute approximate surface area is 200 Å². The van der Waals surface area contributed by atoms with Gasteiger partial charge in [0.1, 0.15) is 5.82 Å². The van der Waals surface area contributed by atoms with Crippen molar-refractivity contribution in [2.75, 3.05) is 6.54 Å². The molecule has 2 aliphatic rings. The fourth-order valence-electron chi connectivity index (χ4n) is 4.91. The first-order chi connectivity index (χ1) is 16.8. The number of amides is 2. The maximum absolute atomic E-state index is 13.4. The van der Waals surface area contributed by atoms with Crippen molar-refractivity contribution in [2.24, 2.45) is 0 Å². The summed E-state index contributed by atoms with van der Waals surface area (Å²) in [5, 5.41) is 0. The van der Waals surface area contributed by atoms with E-state index in [1.165, 1.54) is 0 Å². The lowest BCUT2D eigenvalue weighted by Crippen LogP contribution is -2.37. The number of ether oxygens (including phenoxy) is 1. The van der Waals surface area contributed by atoms with Gasteiger partial charge in [0, 0.05) is 25.3 Å². The van der Waals surface area contributed by atoms with E-state index in [-0.39, 0.29) is 24.2 Å². The first-order valence-electron chi connectivity index (χ1n) is 11.9. The molecule has 1 saturated heterocycles. The molecule has 1 aromatic carbocycles. The number of aryl methyl sites for hydroxylation is 1. The quantitative estimate of drug-likeness (QED) is 0.408. The van der Waals surface area contributed by atoms with Gasteiger partial charge in [-0.1, -0.05) is 12.1 Å². The Morgan fingerprint density at radius 1 is 1.00 bits per heavy atom. The fraction of sp³-hybridized carbons (Fsp3) is 0.400. The van der Waals surface area contributed by atoms with Gasteiger partial charge in [-0.05, 0) is 51.3 Å². The van der Waals surface area contributed by atoms with Crippen LogP contribution in [0.4, 0.5) is 4.79 Å². The lowest BCUT2D eigenvalue weighted by atomic mass is 10.1. The Morgan fingerprint density at radius 2 is 1.80 bits per heavy atom. The number of imide groups is 1. The molecule has 180 valence electrons. The highest BCUT2D eigenvalue weighted by Gasteiger charge is 2.46. The van der Waals surface area contributed by atoms with Gasteiger partial charge in [0.15, 0.2) is 5.60 Å². The largest absolute Gasteiger partial charge is 0.433 e. The molecule has 0 spiro atoms. The van der Waals surface area contributed by atoms with Gasteiger partial charge in [-0.2, -0.15) is 0 Å². The van der Waals surface area contributed by atoms with E-state index in [1.54, 1.807) is 30.8 Å². The predicted octanol–water partition coefficient (Wildman–Crippen LogP) is 3.08. The molecule has 3 aromatic heterocycles. The molecule has 0 unspecified atom stereocenters. The molecule has 1 aliphatic carbocycles. The molecule has 0 N–H and O–H groups in total. The Hall–Kier alpha value is -3.95. The van der Waals surface area contributed by atoms with E-state index in [0.29, 0.717) is 19.5 Å². The lowest BCUT2D eigenvalue weighted by Gasteiger charge is -2.15. The first-order valence-corrected chi connectivity index (χ1v) is 11.9. The Kier molecular flexibility index (Phi) is 4.80. The van der Waals surface area contributed by atoms with Crippen molar-refractivity contribution < 1.29 is 14.3 Å². The highest BCUT2D eigenvalue weighted by Crippen LogP contribution is 2.36.